The molecule has 1 N–H and O–H groups in total. The number of aryl methyl sites for hydroxylation is 2. The number of ether oxygens (including phenoxy) is 2. The van der Waals surface area contributed by atoms with Crippen LogP contribution in [-0.2, 0) is 19.4 Å². The second-order valence-electron chi connectivity index (χ2n) is 8.53. The summed E-state index contributed by atoms with van der Waals surface area (Å²) >= 11 is 1.65. The van der Waals surface area contributed by atoms with Gasteiger partial charge in [-0.25, -0.2) is 9.37 Å². The van der Waals surface area contributed by atoms with Crippen LogP contribution < -0.4 is 15.0 Å². The summed E-state index contributed by atoms with van der Waals surface area (Å²) in [6, 6.07) is 11.8. The van der Waals surface area contributed by atoms with E-state index in [9.17, 15) is 9.18 Å². The number of aromatic nitrogens is 2. The number of halogens is 1. The molecule has 7 heteroatoms. The minimum atomic E-state index is -0.298. The van der Waals surface area contributed by atoms with Gasteiger partial charge in [0, 0.05) is 10.4 Å². The van der Waals surface area contributed by atoms with Gasteiger partial charge in [0.25, 0.3) is 5.56 Å². The van der Waals surface area contributed by atoms with Crippen molar-refractivity contribution in [3.8, 4) is 22.9 Å². The molecule has 1 aliphatic rings. The molecule has 0 radical (unpaired) electrons. The van der Waals surface area contributed by atoms with Crippen molar-refractivity contribution in [3.05, 3.63) is 74.6 Å². The van der Waals surface area contributed by atoms with Crippen LogP contribution in [0.4, 0.5) is 4.39 Å². The number of fused-ring (bicyclic) bond motifs is 3. The monoisotopic (exact) mass is 478 g/mol. The van der Waals surface area contributed by atoms with Gasteiger partial charge in [0.15, 0.2) is 11.5 Å². The smallest absolute Gasteiger partial charge is 0.260 e. The Morgan fingerprint density at radius 2 is 1.88 bits per heavy atom. The van der Waals surface area contributed by atoms with Crippen molar-refractivity contribution in [3.63, 3.8) is 0 Å². The van der Waals surface area contributed by atoms with Gasteiger partial charge < -0.3 is 14.5 Å². The molecule has 0 unspecified atom stereocenters. The van der Waals surface area contributed by atoms with Crippen LogP contribution in [0.5, 0.6) is 11.5 Å². The molecule has 1 aliphatic carbocycles. The number of nitrogens with one attached hydrogen (secondary N) is 1. The summed E-state index contributed by atoms with van der Waals surface area (Å²) in [6.45, 7) is 2.58. The van der Waals surface area contributed by atoms with E-state index in [2.05, 4.69) is 4.98 Å². The molecule has 2 aromatic carbocycles. The normalized spacial score (nSPS) is 13.8. The van der Waals surface area contributed by atoms with Crippen LogP contribution in [0.15, 0.2) is 47.3 Å². The van der Waals surface area contributed by atoms with Gasteiger partial charge in [-0.15, -0.1) is 11.3 Å². The Bertz CT molecular complexity index is 1380. The van der Waals surface area contributed by atoms with E-state index >= 15 is 0 Å². The van der Waals surface area contributed by atoms with Crippen molar-refractivity contribution in [1.82, 2.24) is 9.97 Å². The number of hydrogen-bond acceptors (Lipinski definition) is 5. The third kappa shape index (κ3) is 4.71. The van der Waals surface area contributed by atoms with E-state index in [0.29, 0.717) is 23.9 Å². The molecule has 0 atom stereocenters. The third-order valence-corrected chi connectivity index (χ3v) is 7.31. The molecule has 0 amide bonds. The first-order chi connectivity index (χ1) is 16.6. The van der Waals surface area contributed by atoms with Crippen LogP contribution in [-0.4, -0.2) is 16.6 Å². The zero-order valence-corrected chi connectivity index (χ0v) is 20.0. The fourth-order valence-electron chi connectivity index (χ4n) is 4.48. The van der Waals surface area contributed by atoms with Gasteiger partial charge >= 0.3 is 0 Å². The van der Waals surface area contributed by atoms with E-state index in [4.69, 9.17) is 14.5 Å². The fraction of sp³-hybridized carbons (Fsp3) is 0.333. The quantitative estimate of drug-likeness (QED) is 0.347. The molecule has 5 nitrogen and oxygen atoms in total. The molecule has 0 saturated heterocycles. The number of aromatic amines is 1. The summed E-state index contributed by atoms with van der Waals surface area (Å²) in [5.74, 6) is 1.33. The van der Waals surface area contributed by atoms with Crippen LogP contribution in [0.2, 0.25) is 0 Å². The second kappa shape index (κ2) is 9.97. The van der Waals surface area contributed by atoms with Crippen molar-refractivity contribution in [2.75, 3.05) is 6.61 Å². The predicted molar refractivity (Wildman–Crippen MR) is 133 cm³/mol. The summed E-state index contributed by atoms with van der Waals surface area (Å²) in [7, 11) is 0. The second-order valence-corrected chi connectivity index (χ2v) is 9.61. The third-order valence-electron chi connectivity index (χ3n) is 6.13. The predicted octanol–water partition coefficient (Wildman–Crippen LogP) is 6.43. The summed E-state index contributed by atoms with van der Waals surface area (Å²) in [5, 5.41) is 0.755. The molecule has 4 aromatic rings. The van der Waals surface area contributed by atoms with Gasteiger partial charge in [-0.05, 0) is 74.1 Å². The molecule has 2 aromatic heterocycles. The lowest BCUT2D eigenvalue weighted by Gasteiger charge is -2.13. The van der Waals surface area contributed by atoms with Crippen molar-refractivity contribution >= 4 is 21.6 Å². The first-order valence-corrected chi connectivity index (χ1v) is 12.6. The molecule has 2 heterocycles. The van der Waals surface area contributed by atoms with Gasteiger partial charge in [0.2, 0.25) is 0 Å². The molecule has 0 bridgehead atoms. The topological polar surface area (TPSA) is 64.2 Å². The maximum Gasteiger partial charge on any atom is 0.260 e. The number of H-pyrrole nitrogens is 1. The zero-order valence-electron chi connectivity index (χ0n) is 19.2. The Labute approximate surface area is 201 Å². The van der Waals surface area contributed by atoms with E-state index in [1.54, 1.807) is 23.5 Å². The zero-order chi connectivity index (χ0) is 23.5. The lowest BCUT2D eigenvalue weighted by Crippen LogP contribution is -2.10. The van der Waals surface area contributed by atoms with E-state index in [1.807, 2.05) is 25.1 Å². The fourth-order valence-corrected chi connectivity index (χ4v) is 5.75. The van der Waals surface area contributed by atoms with Crippen molar-refractivity contribution in [2.45, 2.75) is 52.1 Å². The Morgan fingerprint density at radius 1 is 1.03 bits per heavy atom. The Hall–Kier alpha value is -3.19. The highest BCUT2D eigenvalue weighted by Gasteiger charge is 2.19. The Morgan fingerprint density at radius 3 is 2.71 bits per heavy atom. The Kier molecular flexibility index (Phi) is 6.63. The molecule has 34 heavy (non-hydrogen) atoms. The lowest BCUT2D eigenvalue weighted by atomic mass is 9.98. The number of hydrogen-bond donors (Lipinski definition) is 1. The van der Waals surface area contributed by atoms with Gasteiger partial charge in [-0.1, -0.05) is 25.0 Å². The van der Waals surface area contributed by atoms with Crippen LogP contribution in [0.3, 0.4) is 0 Å². The highest BCUT2D eigenvalue weighted by molar-refractivity contribution is 7.18. The lowest BCUT2D eigenvalue weighted by molar-refractivity contribution is 0.269. The molecule has 176 valence electrons. The number of nitrogens with zero attached hydrogens (tertiary/aromatic N) is 1. The van der Waals surface area contributed by atoms with Gasteiger partial charge in [-0.2, -0.15) is 0 Å². The van der Waals surface area contributed by atoms with Crippen molar-refractivity contribution < 1.29 is 13.9 Å². The summed E-state index contributed by atoms with van der Waals surface area (Å²) in [4.78, 5) is 23.0. The molecule has 0 aliphatic heterocycles. The Balaban J connectivity index is 1.47. The molecule has 0 saturated carbocycles. The number of rotatable bonds is 6. The van der Waals surface area contributed by atoms with E-state index < -0.39 is 0 Å². The van der Waals surface area contributed by atoms with Gasteiger partial charge in [0.1, 0.15) is 23.1 Å². The van der Waals surface area contributed by atoms with Crippen LogP contribution in [0.25, 0.3) is 21.6 Å². The molecule has 5 rings (SSSR count). The highest BCUT2D eigenvalue weighted by Crippen LogP contribution is 2.35. The average Bonchev–Trinajstić information content (AvgIpc) is 3.15. The summed E-state index contributed by atoms with van der Waals surface area (Å²) in [6.07, 6.45) is 6.72. The number of benzene rings is 2. The van der Waals surface area contributed by atoms with Crippen molar-refractivity contribution in [2.24, 2.45) is 0 Å². The first kappa shape index (κ1) is 22.6. The number of thiophene rings is 1. The van der Waals surface area contributed by atoms with Crippen LogP contribution >= 0.6 is 11.3 Å². The minimum absolute atomic E-state index is 0.0811. The first-order valence-electron chi connectivity index (χ1n) is 11.8. The SMILES string of the molecule is CCOc1cc(-c2nc3sc4c(c3c(=O)[nH]2)CCCCCC4)ccc1OCc1cccc(F)c1. The molecule has 0 fully saturated rings. The van der Waals surface area contributed by atoms with Gasteiger partial charge in [0.05, 0.1) is 12.0 Å². The van der Waals surface area contributed by atoms with Crippen LogP contribution in [0.1, 0.15) is 48.6 Å². The van der Waals surface area contributed by atoms with Gasteiger partial charge in [-0.3, -0.25) is 4.79 Å². The van der Waals surface area contributed by atoms with E-state index in [-0.39, 0.29) is 18.0 Å². The maximum atomic E-state index is 13.5. The van der Waals surface area contributed by atoms with E-state index in [0.717, 1.165) is 40.6 Å². The summed E-state index contributed by atoms with van der Waals surface area (Å²) < 4.78 is 25.2. The van der Waals surface area contributed by atoms with E-state index in [1.165, 1.54) is 41.8 Å². The largest absolute Gasteiger partial charge is 0.490 e. The van der Waals surface area contributed by atoms with Crippen molar-refractivity contribution in [1.29, 1.82) is 0 Å². The standard InChI is InChI=1S/C27H27FN2O3S/c1-2-32-22-15-18(12-13-21(22)33-16-17-8-7-9-19(28)14-17)25-29-26(31)24-20-10-5-3-4-6-11-23(20)34-27(24)30-25/h7-9,12-15H,2-6,10-11,16H2,1H3,(H,29,30,31). The summed E-state index contributed by atoms with van der Waals surface area (Å²) in [5.41, 5.74) is 2.59. The van der Waals surface area contributed by atoms with Crippen LogP contribution in [0, 0.1) is 5.82 Å². The average molecular weight is 479 g/mol. The maximum absolute atomic E-state index is 13.5. The minimum Gasteiger partial charge on any atom is -0.490 e. The molecule has 0 spiro atoms. The molecular formula is C27H27FN2O3S. The molecular weight excluding hydrogens is 451 g/mol. The highest BCUT2D eigenvalue weighted by atomic mass is 32.1.